The normalized spacial score (nSPS) is 23.9. The predicted molar refractivity (Wildman–Crippen MR) is 73.9 cm³/mol. The third-order valence-electron chi connectivity index (χ3n) is 4.37. The summed E-state index contributed by atoms with van der Waals surface area (Å²) in [6.07, 6.45) is 4.03. The maximum Gasteiger partial charge on any atom is 0.168 e. The number of nitrogens with one attached hydrogen (secondary N) is 1. The second-order valence-corrected chi connectivity index (χ2v) is 5.90. The van der Waals surface area contributed by atoms with Crippen molar-refractivity contribution in [2.45, 2.75) is 38.7 Å². The lowest BCUT2D eigenvalue weighted by Gasteiger charge is -2.25. The van der Waals surface area contributed by atoms with Gasteiger partial charge in [0.1, 0.15) is 11.9 Å². The summed E-state index contributed by atoms with van der Waals surface area (Å²) in [4.78, 5) is 0. The third kappa shape index (κ3) is 2.80. The van der Waals surface area contributed by atoms with Crippen molar-refractivity contribution < 1.29 is 13.5 Å². The number of halogens is 2. The maximum atomic E-state index is 14.0. The van der Waals surface area contributed by atoms with Crippen molar-refractivity contribution in [2.75, 3.05) is 13.1 Å². The van der Waals surface area contributed by atoms with Gasteiger partial charge in [-0.25, -0.2) is 8.78 Å². The third-order valence-corrected chi connectivity index (χ3v) is 4.37. The van der Waals surface area contributed by atoms with E-state index in [4.69, 9.17) is 4.74 Å². The molecule has 2 fully saturated rings. The minimum Gasteiger partial charge on any atom is -0.486 e. The van der Waals surface area contributed by atoms with Crippen LogP contribution in [0.1, 0.15) is 31.7 Å². The van der Waals surface area contributed by atoms with Gasteiger partial charge in [-0.3, -0.25) is 0 Å². The number of aryl methyl sites for hydroxylation is 1. The average molecular weight is 281 g/mol. The van der Waals surface area contributed by atoms with Crippen LogP contribution in [0.2, 0.25) is 0 Å². The van der Waals surface area contributed by atoms with Crippen LogP contribution in [-0.2, 0) is 6.42 Å². The summed E-state index contributed by atoms with van der Waals surface area (Å²) >= 11 is 0. The molecular weight excluding hydrogens is 260 g/mol. The van der Waals surface area contributed by atoms with E-state index in [9.17, 15) is 8.78 Å². The lowest BCUT2D eigenvalue weighted by molar-refractivity contribution is 0.114. The van der Waals surface area contributed by atoms with Crippen LogP contribution < -0.4 is 10.1 Å². The summed E-state index contributed by atoms with van der Waals surface area (Å²) in [6, 6.07) is 2.31. The molecule has 4 heteroatoms. The van der Waals surface area contributed by atoms with E-state index in [0.717, 1.165) is 38.4 Å². The van der Waals surface area contributed by atoms with E-state index in [2.05, 4.69) is 5.32 Å². The highest BCUT2D eigenvalue weighted by Crippen LogP contribution is 2.41. The van der Waals surface area contributed by atoms with Gasteiger partial charge in [-0.05, 0) is 49.8 Å². The molecule has 0 amide bonds. The molecule has 0 bridgehead atoms. The maximum absolute atomic E-state index is 14.0. The quantitative estimate of drug-likeness (QED) is 0.894. The molecule has 1 N–H and O–H groups in total. The van der Waals surface area contributed by atoms with Crippen LogP contribution in [0.3, 0.4) is 0 Å². The van der Waals surface area contributed by atoms with E-state index in [0.29, 0.717) is 23.8 Å². The molecule has 1 unspecified atom stereocenters. The highest BCUT2D eigenvalue weighted by Gasteiger charge is 2.40. The molecule has 1 saturated heterocycles. The summed E-state index contributed by atoms with van der Waals surface area (Å²) in [5.41, 5.74) is 0.624. The van der Waals surface area contributed by atoms with Crippen molar-refractivity contribution in [1.82, 2.24) is 5.32 Å². The fourth-order valence-electron chi connectivity index (χ4n) is 3.10. The largest absolute Gasteiger partial charge is 0.486 e. The predicted octanol–water partition coefficient (Wildman–Crippen LogP) is 3.29. The molecule has 1 aliphatic heterocycles. The number of benzene rings is 1. The van der Waals surface area contributed by atoms with Crippen LogP contribution in [0.4, 0.5) is 8.78 Å². The van der Waals surface area contributed by atoms with Gasteiger partial charge in [0.25, 0.3) is 0 Å². The van der Waals surface area contributed by atoms with Gasteiger partial charge >= 0.3 is 0 Å². The summed E-state index contributed by atoms with van der Waals surface area (Å²) in [5.74, 6) is 0.138. The van der Waals surface area contributed by atoms with Gasteiger partial charge < -0.3 is 10.1 Å². The van der Waals surface area contributed by atoms with Gasteiger partial charge in [0.2, 0.25) is 0 Å². The summed E-state index contributed by atoms with van der Waals surface area (Å²) in [7, 11) is 0. The lowest BCUT2D eigenvalue weighted by atomic mass is 9.97. The van der Waals surface area contributed by atoms with E-state index in [1.807, 2.05) is 6.92 Å². The van der Waals surface area contributed by atoms with E-state index in [1.54, 1.807) is 0 Å². The molecule has 1 saturated carbocycles. The van der Waals surface area contributed by atoms with E-state index in [1.165, 1.54) is 6.07 Å². The zero-order chi connectivity index (χ0) is 14.1. The Hall–Kier alpha value is -1.16. The zero-order valence-electron chi connectivity index (χ0n) is 11.8. The monoisotopic (exact) mass is 281 g/mol. The van der Waals surface area contributed by atoms with Crippen molar-refractivity contribution in [3.8, 4) is 5.75 Å². The molecule has 1 aliphatic carbocycles. The van der Waals surface area contributed by atoms with Crippen LogP contribution in [0.5, 0.6) is 5.75 Å². The van der Waals surface area contributed by atoms with Crippen molar-refractivity contribution >= 4 is 0 Å². The fraction of sp³-hybridized carbons (Fsp3) is 0.625. The molecular formula is C16H21F2NO. The number of hydrogen-bond donors (Lipinski definition) is 1. The SMILES string of the molecule is CCc1cc(F)cc(F)c1OC(C1CC1)[C@H]1CCNC1. The molecule has 1 heterocycles. The first-order valence-corrected chi connectivity index (χ1v) is 7.54. The molecule has 20 heavy (non-hydrogen) atoms. The first-order valence-electron chi connectivity index (χ1n) is 7.54. The Labute approximate surface area is 118 Å². The van der Waals surface area contributed by atoms with Gasteiger partial charge in [0.05, 0.1) is 0 Å². The van der Waals surface area contributed by atoms with Crippen molar-refractivity contribution in [3.05, 3.63) is 29.3 Å². The van der Waals surface area contributed by atoms with Gasteiger partial charge in [-0.15, -0.1) is 0 Å². The van der Waals surface area contributed by atoms with Crippen LogP contribution in [0, 0.1) is 23.5 Å². The minimum atomic E-state index is -0.571. The molecule has 2 nitrogen and oxygen atoms in total. The molecule has 2 aliphatic rings. The molecule has 1 aromatic rings. The molecule has 2 atom stereocenters. The van der Waals surface area contributed by atoms with Crippen LogP contribution in [0.25, 0.3) is 0 Å². The Balaban J connectivity index is 1.84. The fourth-order valence-corrected chi connectivity index (χ4v) is 3.10. The van der Waals surface area contributed by atoms with Crippen molar-refractivity contribution in [2.24, 2.45) is 11.8 Å². The Kier molecular flexibility index (Phi) is 3.92. The average Bonchev–Trinajstić information content (AvgIpc) is 3.11. The van der Waals surface area contributed by atoms with Crippen LogP contribution in [-0.4, -0.2) is 19.2 Å². The minimum absolute atomic E-state index is 0.0651. The second-order valence-electron chi connectivity index (χ2n) is 5.90. The molecule has 3 rings (SSSR count). The van der Waals surface area contributed by atoms with Gasteiger partial charge in [0.15, 0.2) is 11.6 Å². The smallest absolute Gasteiger partial charge is 0.168 e. The number of rotatable bonds is 5. The summed E-state index contributed by atoms with van der Waals surface area (Å²) in [6.45, 7) is 3.83. The molecule has 0 spiro atoms. The Morgan fingerprint density at radius 1 is 1.25 bits per heavy atom. The van der Waals surface area contributed by atoms with Crippen molar-refractivity contribution in [1.29, 1.82) is 0 Å². The highest BCUT2D eigenvalue weighted by molar-refractivity contribution is 5.36. The van der Waals surface area contributed by atoms with Crippen molar-refractivity contribution in [3.63, 3.8) is 0 Å². The standard InChI is InChI=1S/C16H21F2NO/c1-2-10-7-13(17)8-14(18)16(10)20-15(11-3-4-11)12-5-6-19-9-12/h7-8,11-12,15,19H,2-6,9H2,1H3/t12-,15?/m0/s1. The molecule has 0 radical (unpaired) electrons. The Morgan fingerprint density at radius 2 is 2.05 bits per heavy atom. The van der Waals surface area contributed by atoms with E-state index in [-0.39, 0.29) is 11.9 Å². The van der Waals surface area contributed by atoms with E-state index < -0.39 is 11.6 Å². The summed E-state index contributed by atoms with van der Waals surface area (Å²) < 4.78 is 33.4. The first kappa shape index (κ1) is 13.8. The highest BCUT2D eigenvalue weighted by atomic mass is 19.1. The van der Waals surface area contributed by atoms with Gasteiger partial charge in [-0.2, -0.15) is 0 Å². The molecule has 110 valence electrons. The van der Waals surface area contributed by atoms with Gasteiger partial charge in [0, 0.05) is 18.5 Å². The lowest BCUT2D eigenvalue weighted by Crippen LogP contribution is -2.31. The van der Waals surface area contributed by atoms with Crippen LogP contribution in [0.15, 0.2) is 12.1 Å². The number of ether oxygens (including phenoxy) is 1. The van der Waals surface area contributed by atoms with Crippen LogP contribution >= 0.6 is 0 Å². The van der Waals surface area contributed by atoms with E-state index >= 15 is 0 Å². The second kappa shape index (κ2) is 5.68. The zero-order valence-corrected chi connectivity index (χ0v) is 11.8. The number of hydrogen-bond acceptors (Lipinski definition) is 2. The topological polar surface area (TPSA) is 21.3 Å². The first-order chi connectivity index (χ1) is 9.69. The Morgan fingerprint density at radius 3 is 2.65 bits per heavy atom. The van der Waals surface area contributed by atoms with Gasteiger partial charge in [-0.1, -0.05) is 6.92 Å². The Bertz CT molecular complexity index is 482. The summed E-state index contributed by atoms with van der Waals surface area (Å²) in [5, 5.41) is 3.34. The molecule has 0 aromatic heterocycles. The molecule has 1 aromatic carbocycles.